The van der Waals surface area contributed by atoms with Crippen LogP contribution in [0.2, 0.25) is 0 Å². The van der Waals surface area contributed by atoms with Gasteiger partial charge < -0.3 is 60.3 Å². The van der Waals surface area contributed by atoms with Gasteiger partial charge in [0, 0.05) is 130 Å². The Hall–Kier alpha value is -16.7. The zero-order valence-corrected chi connectivity index (χ0v) is 81.9. The van der Waals surface area contributed by atoms with Crippen LogP contribution in [0.3, 0.4) is 0 Å². The standard InChI is InChI=1S/C40H40N2O9.C40H46N2O3.C34H28N2O9/c1-23(2)38(46)49-32-13-7-26(8-14-32)19-35(43)28-20-29(37(45)41-30-11-17-34(18-12-30)51-40(48)25(5)6)22-31(21-28)42-36(44)27-9-15-33(16-10-27)50-39(47)24(3)4;1-38(2,3)30-14-10-26(11-15-30)22-35(43)28-23-29(37(45)41-33-20-18-32(19-21-33)40(7,8)9)25-34(24-28)42-36(44)27-12-16-31(17-13-27)39(4,5)6;1-20(37)43-29-10-4-7-23(13-29)14-32(40)25-15-26(34(42)35-27-9-6-12-31(19-27)45-22(3)39)17-28(16-25)36-33(41)24-8-5-11-30(18-24)44-21(2)38/h7-18,20-25H,19H2,1-6H3,(H,41,45)(H,42,44);10-21,23-25H,22H2,1-9H3,(H,41,45)(H,42,44);4-13,15-19H,14H2,1-3H3,(H,35,42)(H,36,41). The van der Waals surface area contributed by atoms with Crippen molar-refractivity contribution in [2.75, 3.05) is 31.9 Å². The van der Waals surface area contributed by atoms with Crippen molar-refractivity contribution in [3.05, 3.63) is 356 Å². The van der Waals surface area contributed by atoms with Crippen LogP contribution in [0.5, 0.6) is 34.5 Å². The lowest BCUT2D eigenvalue weighted by Gasteiger charge is -2.19. The lowest BCUT2D eigenvalue weighted by Crippen LogP contribution is -2.17. The van der Waals surface area contributed by atoms with Crippen molar-refractivity contribution >= 4 is 123 Å². The van der Waals surface area contributed by atoms with Crippen LogP contribution in [0.25, 0.3) is 0 Å². The number of nitrogens with one attached hydrogen (secondary N) is 6. The van der Waals surface area contributed by atoms with Crippen molar-refractivity contribution in [2.45, 2.75) is 160 Å². The van der Waals surface area contributed by atoms with E-state index in [0.29, 0.717) is 56.5 Å². The van der Waals surface area contributed by atoms with Gasteiger partial charge in [-0.05, 0) is 232 Å². The molecule has 0 aromatic heterocycles. The molecule has 12 aromatic rings. The number of Topliss-reactive ketones (excluding diaryl/α,β-unsaturated/α-hetero) is 3. The number of amides is 6. The van der Waals surface area contributed by atoms with E-state index in [2.05, 4.69) is 94.2 Å². The molecule has 726 valence electrons. The Labute approximate surface area is 819 Å². The Morgan fingerprint density at radius 2 is 0.482 bits per heavy atom. The van der Waals surface area contributed by atoms with Crippen LogP contribution in [0.1, 0.15) is 251 Å². The molecule has 27 nitrogen and oxygen atoms in total. The van der Waals surface area contributed by atoms with Crippen LogP contribution in [-0.2, 0) is 64.3 Å². The molecule has 0 heterocycles. The van der Waals surface area contributed by atoms with Gasteiger partial charge in [0.25, 0.3) is 35.4 Å². The van der Waals surface area contributed by atoms with Gasteiger partial charge in [0.15, 0.2) is 17.3 Å². The van der Waals surface area contributed by atoms with Gasteiger partial charge >= 0.3 is 35.8 Å². The molecule has 0 aliphatic rings. The minimum absolute atomic E-state index is 0.00945. The monoisotopic (exact) mass is 1900 g/mol. The molecule has 0 aliphatic heterocycles. The fourth-order valence-corrected chi connectivity index (χ4v) is 13.6. The first-order valence-corrected chi connectivity index (χ1v) is 45.6. The fraction of sp³-hybridized carbons (Fsp3) is 0.237. The van der Waals surface area contributed by atoms with Crippen molar-refractivity contribution in [2.24, 2.45) is 17.8 Å². The summed E-state index contributed by atoms with van der Waals surface area (Å²) in [7, 11) is 0. The fourth-order valence-electron chi connectivity index (χ4n) is 13.6. The SMILES string of the molecule is CC(=O)Oc1cccc(CC(=O)c2cc(NC(=O)c3cccc(OC(C)=O)c3)cc(C(=O)Nc3cccc(OC(C)=O)c3)c2)c1.CC(C)(C)c1ccc(CC(=O)c2cc(NC(=O)c3ccc(C(C)(C)C)cc3)cc(C(=O)Nc3ccc(C(C)(C)C)cc3)c2)cc1.CC(C)C(=O)Oc1ccc(CC(=O)c2cc(NC(=O)c3ccc(OC(=O)C(C)C)cc3)cc(C(=O)Nc3ccc(OC(=O)C(C)C)cc3)c2)cc1. The molecule has 0 bridgehead atoms. The van der Waals surface area contributed by atoms with Gasteiger partial charge in [-0.15, -0.1) is 0 Å². The van der Waals surface area contributed by atoms with E-state index in [1.807, 2.05) is 60.7 Å². The molecule has 27 heteroatoms. The Morgan fingerprint density at radius 1 is 0.220 bits per heavy atom. The van der Waals surface area contributed by atoms with Crippen molar-refractivity contribution in [1.29, 1.82) is 0 Å². The van der Waals surface area contributed by atoms with Crippen LogP contribution in [0.4, 0.5) is 34.1 Å². The molecule has 0 saturated carbocycles. The Morgan fingerprint density at radius 3 is 0.844 bits per heavy atom. The highest BCUT2D eigenvalue weighted by molar-refractivity contribution is 6.13. The van der Waals surface area contributed by atoms with Gasteiger partial charge in [-0.25, -0.2) is 0 Å². The second-order valence-electron chi connectivity index (χ2n) is 37.4. The van der Waals surface area contributed by atoms with E-state index in [0.717, 1.165) is 16.7 Å². The van der Waals surface area contributed by atoms with Crippen molar-refractivity contribution in [3.63, 3.8) is 0 Å². The maximum absolute atomic E-state index is 13.6. The molecule has 0 unspecified atom stereocenters. The van der Waals surface area contributed by atoms with E-state index in [-0.39, 0.29) is 168 Å². The number of ketones is 3. The summed E-state index contributed by atoms with van der Waals surface area (Å²) in [4.78, 5) is 190. The summed E-state index contributed by atoms with van der Waals surface area (Å²) in [5.74, 6) is -5.85. The van der Waals surface area contributed by atoms with Crippen molar-refractivity contribution in [3.8, 4) is 34.5 Å². The van der Waals surface area contributed by atoms with E-state index in [1.54, 1.807) is 169 Å². The van der Waals surface area contributed by atoms with E-state index in [1.165, 1.54) is 111 Å². The lowest BCUT2D eigenvalue weighted by molar-refractivity contribution is -0.138. The van der Waals surface area contributed by atoms with Gasteiger partial charge in [-0.1, -0.05) is 189 Å². The molecule has 6 amide bonds. The summed E-state index contributed by atoms with van der Waals surface area (Å²) < 4.78 is 31.1. The lowest BCUT2D eigenvalue weighted by atomic mass is 9.86. The average Bonchev–Trinajstić information content (AvgIpc) is 0.811. The third-order valence-electron chi connectivity index (χ3n) is 21.4. The molecule has 0 aliphatic carbocycles. The molecule has 0 atom stereocenters. The summed E-state index contributed by atoms with van der Waals surface area (Å²) in [5, 5.41) is 16.8. The first-order valence-electron chi connectivity index (χ1n) is 45.6. The summed E-state index contributed by atoms with van der Waals surface area (Å²) in [6.07, 6.45) is 0.0395. The number of carbonyl (C=O) groups excluding carboxylic acids is 15. The number of anilines is 6. The minimum atomic E-state index is -0.603. The van der Waals surface area contributed by atoms with Gasteiger partial charge in [-0.3, -0.25) is 71.9 Å². The number of esters is 6. The quantitative estimate of drug-likeness (QED) is 0.0138. The second-order valence-corrected chi connectivity index (χ2v) is 37.4. The number of hydrogen-bond donors (Lipinski definition) is 6. The maximum atomic E-state index is 13.6. The van der Waals surface area contributed by atoms with Crippen LogP contribution < -0.4 is 60.3 Å². The maximum Gasteiger partial charge on any atom is 0.313 e. The number of ether oxygens (including phenoxy) is 6. The van der Waals surface area contributed by atoms with E-state index in [4.69, 9.17) is 28.4 Å². The molecular formula is C114H114N6O21. The molecule has 141 heavy (non-hydrogen) atoms. The predicted molar refractivity (Wildman–Crippen MR) is 541 cm³/mol. The number of carbonyl (C=O) groups is 15. The van der Waals surface area contributed by atoms with Gasteiger partial charge in [-0.2, -0.15) is 0 Å². The highest BCUT2D eigenvalue weighted by atomic mass is 16.6. The van der Waals surface area contributed by atoms with E-state index >= 15 is 0 Å². The summed E-state index contributed by atoms with van der Waals surface area (Å²) >= 11 is 0. The molecule has 0 fully saturated rings. The second kappa shape index (κ2) is 47.9. The first kappa shape index (κ1) is 106. The Bertz CT molecular complexity index is 6400. The molecular weight excluding hydrogens is 1790 g/mol. The molecule has 0 saturated heterocycles. The Kier molecular flexibility index (Phi) is 36.1. The zero-order valence-electron chi connectivity index (χ0n) is 81.9. The van der Waals surface area contributed by atoms with Crippen LogP contribution in [-0.4, -0.2) is 88.6 Å². The Balaban J connectivity index is 0.000000218. The molecule has 6 N–H and O–H groups in total. The predicted octanol–water partition coefficient (Wildman–Crippen LogP) is 22.2. The molecule has 0 radical (unpaired) electrons. The summed E-state index contributed by atoms with van der Waals surface area (Å²) in [6.45, 7) is 33.3. The third kappa shape index (κ3) is 32.8. The highest BCUT2D eigenvalue weighted by Gasteiger charge is 2.26. The number of hydrogen-bond acceptors (Lipinski definition) is 21. The van der Waals surface area contributed by atoms with Crippen LogP contribution in [0, 0.1) is 17.8 Å². The number of benzene rings is 12. The highest BCUT2D eigenvalue weighted by Crippen LogP contribution is 2.32. The number of rotatable bonds is 30. The van der Waals surface area contributed by atoms with Gasteiger partial charge in [0.2, 0.25) is 0 Å². The summed E-state index contributed by atoms with van der Waals surface area (Å²) in [6, 6.07) is 74.1. The normalized spacial score (nSPS) is 11.0. The third-order valence-corrected chi connectivity index (χ3v) is 21.4. The molecule has 12 aromatic carbocycles. The topological polar surface area (TPSA) is 384 Å². The average molecular weight is 1900 g/mol. The van der Waals surface area contributed by atoms with Crippen molar-refractivity contribution < 1.29 is 100 Å². The smallest absolute Gasteiger partial charge is 0.313 e. The molecule has 12 rings (SSSR count). The van der Waals surface area contributed by atoms with Gasteiger partial charge in [0.1, 0.15) is 34.5 Å². The zero-order chi connectivity index (χ0) is 103. The van der Waals surface area contributed by atoms with Crippen molar-refractivity contribution in [1.82, 2.24) is 0 Å². The van der Waals surface area contributed by atoms with E-state index in [9.17, 15) is 71.9 Å². The van der Waals surface area contributed by atoms with Crippen LogP contribution >= 0.6 is 0 Å². The van der Waals surface area contributed by atoms with E-state index < -0.39 is 47.5 Å². The molecule has 0 spiro atoms. The summed E-state index contributed by atoms with van der Waals surface area (Å²) in [5.41, 5.74) is 9.58. The van der Waals surface area contributed by atoms with Gasteiger partial charge in [0.05, 0.1) is 17.8 Å². The minimum Gasteiger partial charge on any atom is -0.427 e. The van der Waals surface area contributed by atoms with Crippen LogP contribution in [0.15, 0.2) is 273 Å². The first-order chi connectivity index (χ1) is 66.5. The largest absolute Gasteiger partial charge is 0.427 e.